The zero-order chi connectivity index (χ0) is 17.2. The van der Waals surface area contributed by atoms with Gasteiger partial charge >= 0.3 is 6.18 Å². The summed E-state index contributed by atoms with van der Waals surface area (Å²) in [6.07, 6.45) is -2.18. The van der Waals surface area contributed by atoms with Gasteiger partial charge in [-0.2, -0.15) is 13.2 Å². The van der Waals surface area contributed by atoms with Gasteiger partial charge in [-0.05, 0) is 31.0 Å². The fourth-order valence-electron chi connectivity index (χ4n) is 3.70. The van der Waals surface area contributed by atoms with Crippen molar-refractivity contribution in [2.24, 2.45) is 0 Å². The van der Waals surface area contributed by atoms with E-state index in [0.29, 0.717) is 32.2 Å². The number of hydrogen-bond acceptors (Lipinski definition) is 3. The van der Waals surface area contributed by atoms with Crippen molar-refractivity contribution in [2.75, 3.05) is 50.7 Å². The van der Waals surface area contributed by atoms with Crippen LogP contribution in [0.25, 0.3) is 0 Å². The molecule has 0 atom stereocenters. The van der Waals surface area contributed by atoms with Crippen LogP contribution in [0, 0.1) is 5.82 Å². The van der Waals surface area contributed by atoms with Crippen LogP contribution in [-0.4, -0.2) is 67.8 Å². The molecule has 2 fully saturated rings. The molecular weight excluding hydrogens is 322 g/mol. The van der Waals surface area contributed by atoms with Crippen LogP contribution in [-0.2, 0) is 0 Å². The second kappa shape index (κ2) is 7.27. The third-order valence-corrected chi connectivity index (χ3v) is 4.96. The topological polar surface area (TPSA) is 9.72 Å². The minimum Gasteiger partial charge on any atom is -0.371 e. The van der Waals surface area contributed by atoms with Gasteiger partial charge in [0.2, 0.25) is 0 Å². The summed E-state index contributed by atoms with van der Waals surface area (Å²) in [6.45, 7) is 3.25. The first kappa shape index (κ1) is 17.5. The third-order valence-electron chi connectivity index (χ3n) is 4.96. The maximum absolute atomic E-state index is 13.3. The van der Waals surface area contributed by atoms with E-state index in [1.54, 1.807) is 12.1 Å². The predicted molar refractivity (Wildman–Crippen MR) is 85.7 cm³/mol. The van der Waals surface area contributed by atoms with Gasteiger partial charge < -0.3 is 4.90 Å². The molecule has 1 aromatic rings. The van der Waals surface area contributed by atoms with E-state index < -0.39 is 12.7 Å². The van der Waals surface area contributed by atoms with Gasteiger partial charge in [0.1, 0.15) is 5.82 Å². The summed E-state index contributed by atoms with van der Waals surface area (Å²) in [5, 5.41) is 0. The van der Waals surface area contributed by atoms with Gasteiger partial charge in [-0.1, -0.05) is 6.07 Å². The van der Waals surface area contributed by atoms with E-state index in [2.05, 4.69) is 9.80 Å². The maximum Gasteiger partial charge on any atom is 0.401 e. The summed E-state index contributed by atoms with van der Waals surface area (Å²) in [5.41, 5.74) is 0.906. The summed E-state index contributed by atoms with van der Waals surface area (Å²) in [6, 6.07) is 7.05. The monoisotopic (exact) mass is 345 g/mol. The molecule has 3 rings (SSSR count). The van der Waals surface area contributed by atoms with E-state index >= 15 is 0 Å². The summed E-state index contributed by atoms with van der Waals surface area (Å²) in [4.78, 5) is 5.98. The van der Waals surface area contributed by atoms with Crippen molar-refractivity contribution < 1.29 is 17.6 Å². The lowest BCUT2D eigenvalue weighted by atomic mass is 10.0. The van der Waals surface area contributed by atoms with E-state index in [4.69, 9.17) is 0 Å². The number of rotatable bonds is 3. The Balaban J connectivity index is 1.46. The molecule has 0 aliphatic carbocycles. The first-order chi connectivity index (χ1) is 11.4. The number of benzene rings is 1. The average molecular weight is 345 g/mol. The Bertz CT molecular complexity index is 533. The van der Waals surface area contributed by atoms with E-state index in [0.717, 1.165) is 31.6 Å². The highest BCUT2D eigenvalue weighted by atomic mass is 19.4. The summed E-state index contributed by atoms with van der Waals surface area (Å²) < 4.78 is 50.6. The largest absolute Gasteiger partial charge is 0.401 e. The molecule has 2 saturated heterocycles. The van der Waals surface area contributed by atoms with Crippen LogP contribution in [0.2, 0.25) is 0 Å². The number of piperidine rings is 1. The summed E-state index contributed by atoms with van der Waals surface area (Å²) in [5.74, 6) is -0.226. The highest BCUT2D eigenvalue weighted by Gasteiger charge is 2.33. The first-order valence-electron chi connectivity index (χ1n) is 8.44. The molecule has 2 heterocycles. The molecule has 0 radical (unpaired) electrons. The van der Waals surface area contributed by atoms with E-state index in [9.17, 15) is 17.6 Å². The van der Waals surface area contributed by atoms with Crippen molar-refractivity contribution in [3.8, 4) is 0 Å². The Morgan fingerprint density at radius 1 is 0.958 bits per heavy atom. The Hall–Kier alpha value is -1.34. The number of piperazine rings is 1. The Morgan fingerprint density at radius 2 is 1.62 bits per heavy atom. The van der Waals surface area contributed by atoms with Gasteiger partial charge in [0.05, 0.1) is 6.54 Å². The molecule has 1 aromatic carbocycles. The van der Waals surface area contributed by atoms with E-state index in [-0.39, 0.29) is 5.82 Å². The zero-order valence-electron chi connectivity index (χ0n) is 13.6. The molecule has 3 nitrogen and oxygen atoms in total. The second-order valence-electron chi connectivity index (χ2n) is 6.63. The summed E-state index contributed by atoms with van der Waals surface area (Å²) >= 11 is 0. The molecule has 0 unspecified atom stereocenters. The van der Waals surface area contributed by atoms with Gasteiger partial charge in [0.25, 0.3) is 0 Å². The maximum atomic E-state index is 13.3. The molecule has 134 valence electrons. The third kappa shape index (κ3) is 4.60. The van der Waals surface area contributed by atoms with Crippen molar-refractivity contribution >= 4 is 5.69 Å². The van der Waals surface area contributed by atoms with Crippen molar-refractivity contribution in [1.29, 1.82) is 0 Å². The van der Waals surface area contributed by atoms with Crippen molar-refractivity contribution in [1.82, 2.24) is 9.80 Å². The number of hydrogen-bond donors (Lipinski definition) is 0. The molecule has 7 heteroatoms. The van der Waals surface area contributed by atoms with Gasteiger partial charge in [-0.3, -0.25) is 9.80 Å². The quantitative estimate of drug-likeness (QED) is 0.780. The number of nitrogens with zero attached hydrogens (tertiary/aromatic N) is 3. The van der Waals surface area contributed by atoms with Crippen LogP contribution in [0.3, 0.4) is 0 Å². The lowest BCUT2D eigenvalue weighted by molar-refractivity contribution is -0.150. The highest BCUT2D eigenvalue weighted by molar-refractivity contribution is 5.46. The Morgan fingerprint density at radius 3 is 2.21 bits per heavy atom. The first-order valence-corrected chi connectivity index (χ1v) is 8.44. The normalized spacial score (nSPS) is 22.1. The Kier molecular flexibility index (Phi) is 5.30. The van der Waals surface area contributed by atoms with Crippen LogP contribution in [0.5, 0.6) is 0 Å². The summed E-state index contributed by atoms with van der Waals surface area (Å²) in [7, 11) is 0. The molecular formula is C17H23F4N3. The molecule has 0 aromatic heterocycles. The smallest absolute Gasteiger partial charge is 0.371 e. The number of alkyl halides is 3. The van der Waals surface area contributed by atoms with Crippen LogP contribution >= 0.6 is 0 Å². The van der Waals surface area contributed by atoms with Crippen LogP contribution in [0.15, 0.2) is 24.3 Å². The molecule has 2 aliphatic heterocycles. The molecule has 24 heavy (non-hydrogen) atoms. The molecule has 0 amide bonds. The SMILES string of the molecule is Fc1cccc(N2CCC(N3CCN(CC(F)(F)F)CC3)CC2)c1. The average Bonchev–Trinajstić information content (AvgIpc) is 2.54. The fraction of sp³-hybridized carbons (Fsp3) is 0.647. The van der Waals surface area contributed by atoms with Crippen LogP contribution in [0.1, 0.15) is 12.8 Å². The minimum atomic E-state index is -4.11. The van der Waals surface area contributed by atoms with Crippen molar-refractivity contribution in [3.63, 3.8) is 0 Å². The minimum absolute atomic E-state index is 0.226. The molecule has 0 spiro atoms. The van der Waals surface area contributed by atoms with Gasteiger partial charge in [-0.25, -0.2) is 4.39 Å². The zero-order valence-corrected chi connectivity index (χ0v) is 13.6. The van der Waals surface area contributed by atoms with Crippen molar-refractivity contribution in [2.45, 2.75) is 25.1 Å². The predicted octanol–water partition coefficient (Wildman–Crippen LogP) is 2.97. The molecule has 0 saturated carbocycles. The van der Waals surface area contributed by atoms with Gasteiger partial charge in [0, 0.05) is 51.0 Å². The van der Waals surface area contributed by atoms with Gasteiger partial charge in [-0.15, -0.1) is 0 Å². The van der Waals surface area contributed by atoms with Crippen LogP contribution < -0.4 is 4.90 Å². The van der Waals surface area contributed by atoms with Gasteiger partial charge in [0.15, 0.2) is 0 Å². The van der Waals surface area contributed by atoms with Crippen molar-refractivity contribution in [3.05, 3.63) is 30.1 Å². The lowest BCUT2D eigenvalue weighted by Gasteiger charge is -2.43. The highest BCUT2D eigenvalue weighted by Crippen LogP contribution is 2.24. The second-order valence-corrected chi connectivity index (χ2v) is 6.63. The standard InChI is InChI=1S/C17H23F4N3/c18-14-2-1-3-16(12-14)23-6-4-15(5-7-23)24-10-8-22(9-11-24)13-17(19,20)21/h1-3,12,15H,4-11,13H2. The lowest BCUT2D eigenvalue weighted by Crippen LogP contribution is -2.54. The van der Waals surface area contributed by atoms with E-state index in [1.165, 1.54) is 11.0 Å². The van der Waals surface area contributed by atoms with Crippen LogP contribution in [0.4, 0.5) is 23.2 Å². The Labute approximate surface area is 139 Å². The molecule has 0 bridgehead atoms. The number of anilines is 1. The van der Waals surface area contributed by atoms with E-state index in [1.807, 2.05) is 6.07 Å². The fourth-order valence-corrected chi connectivity index (χ4v) is 3.70. The molecule has 2 aliphatic rings. The number of halogens is 4. The molecule has 0 N–H and O–H groups in total.